The molecule has 1 fully saturated rings. The molecule has 1 aliphatic rings. The maximum absolute atomic E-state index is 12.1. The van der Waals surface area contributed by atoms with Crippen LogP contribution in [0, 0.1) is 5.92 Å². The zero-order valence-electron chi connectivity index (χ0n) is 9.15. The van der Waals surface area contributed by atoms with E-state index in [4.69, 9.17) is 21.8 Å². The summed E-state index contributed by atoms with van der Waals surface area (Å²) in [7, 11) is 0. The number of likely N-dealkylation sites (tertiary alicyclic amines) is 1. The molecule has 0 bridgehead atoms. The van der Waals surface area contributed by atoms with Crippen LogP contribution in [0.3, 0.4) is 0 Å². The van der Waals surface area contributed by atoms with Crippen molar-refractivity contribution < 1.29 is 9.21 Å². The van der Waals surface area contributed by atoms with Crippen molar-refractivity contribution in [3.63, 3.8) is 0 Å². The molecular formula is C11H15ClN2O2. The van der Waals surface area contributed by atoms with E-state index in [1.165, 1.54) is 6.26 Å². The number of amides is 1. The number of furan rings is 1. The van der Waals surface area contributed by atoms with Gasteiger partial charge in [0.2, 0.25) is 5.22 Å². The lowest BCUT2D eigenvalue weighted by Crippen LogP contribution is -2.48. The molecule has 1 aliphatic heterocycles. The van der Waals surface area contributed by atoms with Gasteiger partial charge >= 0.3 is 0 Å². The Hall–Kier alpha value is -1.00. The average molecular weight is 243 g/mol. The topological polar surface area (TPSA) is 59.5 Å². The summed E-state index contributed by atoms with van der Waals surface area (Å²) in [6, 6.07) is 1.65. The van der Waals surface area contributed by atoms with Crippen molar-refractivity contribution in [3.8, 4) is 0 Å². The van der Waals surface area contributed by atoms with Gasteiger partial charge in [-0.3, -0.25) is 4.79 Å². The molecule has 0 radical (unpaired) electrons. The van der Waals surface area contributed by atoms with Gasteiger partial charge in [0.05, 0.1) is 11.8 Å². The largest absolute Gasteiger partial charge is 0.452 e. The Kier molecular flexibility index (Phi) is 3.21. The molecule has 1 aromatic heterocycles. The summed E-state index contributed by atoms with van der Waals surface area (Å²) in [6.07, 6.45) is 2.38. The number of nitrogens with zero attached hydrogens (tertiary/aromatic N) is 1. The second-order valence-electron chi connectivity index (χ2n) is 4.42. The maximum atomic E-state index is 12.1. The van der Waals surface area contributed by atoms with Crippen molar-refractivity contribution >= 4 is 17.5 Å². The van der Waals surface area contributed by atoms with Crippen molar-refractivity contribution in [3.05, 3.63) is 23.1 Å². The summed E-state index contributed by atoms with van der Waals surface area (Å²) in [4.78, 5) is 13.8. The van der Waals surface area contributed by atoms with E-state index >= 15 is 0 Å². The molecule has 88 valence electrons. The molecule has 1 aromatic rings. The minimum atomic E-state index is -0.0965. The molecule has 1 amide bonds. The molecule has 2 rings (SSSR count). The highest BCUT2D eigenvalue weighted by Crippen LogP contribution is 2.22. The van der Waals surface area contributed by atoms with Crippen molar-refractivity contribution in [2.75, 3.05) is 13.1 Å². The maximum Gasteiger partial charge on any atom is 0.258 e. The number of carbonyl (C=O) groups excluding carboxylic acids is 1. The lowest BCUT2D eigenvalue weighted by Gasteiger charge is -2.34. The molecule has 4 nitrogen and oxygen atoms in total. The molecule has 2 atom stereocenters. The van der Waals surface area contributed by atoms with E-state index in [0.29, 0.717) is 18.0 Å². The third-order valence-electron chi connectivity index (χ3n) is 2.83. The Morgan fingerprint density at radius 2 is 2.38 bits per heavy atom. The van der Waals surface area contributed by atoms with Crippen molar-refractivity contribution in [1.29, 1.82) is 0 Å². The van der Waals surface area contributed by atoms with Gasteiger partial charge in [0, 0.05) is 19.1 Å². The average Bonchev–Trinajstić information content (AvgIpc) is 2.62. The van der Waals surface area contributed by atoms with Gasteiger partial charge < -0.3 is 15.1 Å². The summed E-state index contributed by atoms with van der Waals surface area (Å²) < 4.78 is 4.92. The molecule has 2 N–H and O–H groups in total. The Morgan fingerprint density at radius 1 is 1.62 bits per heavy atom. The molecule has 0 saturated carbocycles. The van der Waals surface area contributed by atoms with Gasteiger partial charge in [-0.1, -0.05) is 6.92 Å². The molecule has 2 heterocycles. The smallest absolute Gasteiger partial charge is 0.258 e. The number of hydrogen-bond acceptors (Lipinski definition) is 3. The van der Waals surface area contributed by atoms with E-state index in [0.717, 1.165) is 13.0 Å². The van der Waals surface area contributed by atoms with E-state index in [1.807, 2.05) is 0 Å². The normalized spacial score (nSPS) is 25.8. The van der Waals surface area contributed by atoms with Crippen LogP contribution in [0.25, 0.3) is 0 Å². The predicted molar refractivity (Wildman–Crippen MR) is 61.4 cm³/mol. The van der Waals surface area contributed by atoms with Crippen LogP contribution in [0.1, 0.15) is 23.7 Å². The molecule has 2 unspecified atom stereocenters. The standard InChI is InChI=1S/C11H15ClN2O2/c1-7-4-8(13)6-14(5-7)11(15)9-2-3-16-10(9)12/h2-3,7-8H,4-6,13H2,1H3. The Labute approximate surface area is 99.3 Å². The number of hydrogen-bond donors (Lipinski definition) is 1. The number of nitrogens with two attached hydrogens (primary N) is 1. The van der Waals surface area contributed by atoms with Gasteiger partial charge in [-0.05, 0) is 30.0 Å². The minimum absolute atomic E-state index is 0.0541. The lowest BCUT2D eigenvalue weighted by atomic mass is 9.96. The zero-order valence-corrected chi connectivity index (χ0v) is 9.91. The van der Waals surface area contributed by atoms with E-state index in [-0.39, 0.29) is 17.2 Å². The monoisotopic (exact) mass is 242 g/mol. The summed E-state index contributed by atoms with van der Waals surface area (Å²) in [5.74, 6) is 0.333. The number of piperidine rings is 1. The van der Waals surface area contributed by atoms with Crippen LogP contribution in [0.4, 0.5) is 0 Å². The van der Waals surface area contributed by atoms with E-state index in [9.17, 15) is 4.79 Å². The third kappa shape index (κ3) is 2.23. The fourth-order valence-electron chi connectivity index (χ4n) is 2.18. The molecule has 1 saturated heterocycles. The fraction of sp³-hybridized carbons (Fsp3) is 0.545. The fourth-order valence-corrected chi connectivity index (χ4v) is 2.38. The predicted octanol–water partition coefficient (Wildman–Crippen LogP) is 1.74. The van der Waals surface area contributed by atoms with Crippen LogP contribution >= 0.6 is 11.6 Å². The summed E-state index contributed by atoms with van der Waals surface area (Å²) in [5, 5.41) is 0.150. The van der Waals surface area contributed by atoms with Gasteiger partial charge in [0.1, 0.15) is 0 Å². The van der Waals surface area contributed by atoms with Crippen LogP contribution < -0.4 is 5.73 Å². The molecule has 0 spiro atoms. The minimum Gasteiger partial charge on any atom is -0.452 e. The highest BCUT2D eigenvalue weighted by Gasteiger charge is 2.28. The third-order valence-corrected chi connectivity index (χ3v) is 3.12. The van der Waals surface area contributed by atoms with Crippen molar-refractivity contribution in [2.24, 2.45) is 11.7 Å². The molecule has 16 heavy (non-hydrogen) atoms. The second kappa shape index (κ2) is 4.47. The van der Waals surface area contributed by atoms with Crippen molar-refractivity contribution in [1.82, 2.24) is 4.90 Å². The van der Waals surface area contributed by atoms with E-state index < -0.39 is 0 Å². The van der Waals surface area contributed by atoms with Crippen LogP contribution in [-0.2, 0) is 0 Å². The first kappa shape index (κ1) is 11.5. The van der Waals surface area contributed by atoms with Crippen LogP contribution in [0.5, 0.6) is 0 Å². The lowest BCUT2D eigenvalue weighted by molar-refractivity contribution is 0.0660. The van der Waals surface area contributed by atoms with Crippen LogP contribution in [-0.4, -0.2) is 29.9 Å². The number of carbonyl (C=O) groups is 1. The quantitative estimate of drug-likeness (QED) is 0.816. The van der Waals surface area contributed by atoms with Gasteiger partial charge in [-0.25, -0.2) is 0 Å². The SMILES string of the molecule is CC1CC(N)CN(C(=O)c2ccoc2Cl)C1. The molecule has 0 aliphatic carbocycles. The van der Waals surface area contributed by atoms with Crippen LogP contribution in [0.15, 0.2) is 16.7 Å². The highest BCUT2D eigenvalue weighted by atomic mass is 35.5. The first-order valence-corrected chi connectivity index (χ1v) is 5.73. The van der Waals surface area contributed by atoms with Crippen LogP contribution in [0.2, 0.25) is 5.22 Å². The van der Waals surface area contributed by atoms with Crippen molar-refractivity contribution in [2.45, 2.75) is 19.4 Å². The first-order valence-electron chi connectivity index (χ1n) is 5.35. The summed E-state index contributed by atoms with van der Waals surface area (Å²) in [6.45, 7) is 3.41. The molecular weight excluding hydrogens is 228 g/mol. The van der Waals surface area contributed by atoms with Gasteiger partial charge in [-0.2, -0.15) is 0 Å². The van der Waals surface area contributed by atoms with E-state index in [2.05, 4.69) is 6.92 Å². The van der Waals surface area contributed by atoms with E-state index in [1.54, 1.807) is 11.0 Å². The second-order valence-corrected chi connectivity index (χ2v) is 4.76. The van der Waals surface area contributed by atoms with Gasteiger partial charge in [-0.15, -0.1) is 0 Å². The first-order chi connectivity index (χ1) is 7.58. The molecule has 5 heteroatoms. The number of rotatable bonds is 1. The molecule has 0 aromatic carbocycles. The Bertz CT molecular complexity index is 381. The zero-order chi connectivity index (χ0) is 11.7. The van der Waals surface area contributed by atoms with Gasteiger partial charge in [0.25, 0.3) is 5.91 Å². The summed E-state index contributed by atoms with van der Waals surface area (Å²) >= 11 is 5.78. The Morgan fingerprint density at radius 3 is 2.94 bits per heavy atom. The number of halogens is 1. The highest BCUT2D eigenvalue weighted by molar-refractivity contribution is 6.32. The Balaban J connectivity index is 2.13. The van der Waals surface area contributed by atoms with Gasteiger partial charge in [0.15, 0.2) is 0 Å². The summed E-state index contributed by atoms with van der Waals surface area (Å²) in [5.41, 5.74) is 6.31.